The van der Waals surface area contributed by atoms with Crippen molar-refractivity contribution in [3.05, 3.63) is 35.9 Å². The van der Waals surface area contributed by atoms with Gasteiger partial charge in [-0.1, -0.05) is 32.0 Å². The molecule has 1 aliphatic carbocycles. The van der Waals surface area contributed by atoms with Crippen LogP contribution >= 0.6 is 0 Å². The zero-order chi connectivity index (χ0) is 15.0. The van der Waals surface area contributed by atoms with E-state index in [1.54, 1.807) is 0 Å². The van der Waals surface area contributed by atoms with Crippen molar-refractivity contribution in [2.75, 3.05) is 6.61 Å². The van der Waals surface area contributed by atoms with Gasteiger partial charge in [-0.15, -0.1) is 0 Å². The van der Waals surface area contributed by atoms with Crippen molar-refractivity contribution < 1.29 is 14.6 Å². The molecule has 1 aliphatic heterocycles. The molecule has 0 bridgehead atoms. The van der Waals surface area contributed by atoms with Crippen LogP contribution in [0.15, 0.2) is 30.3 Å². The number of hydrogen-bond acceptors (Lipinski definition) is 3. The highest BCUT2D eigenvalue weighted by molar-refractivity contribution is 5.95. The van der Waals surface area contributed by atoms with Crippen LogP contribution < -0.4 is 0 Å². The van der Waals surface area contributed by atoms with Gasteiger partial charge in [0.2, 0.25) is 0 Å². The summed E-state index contributed by atoms with van der Waals surface area (Å²) in [6.45, 7) is 4.79. The number of ether oxygens (including phenoxy) is 1. The molecule has 0 unspecified atom stereocenters. The van der Waals surface area contributed by atoms with Gasteiger partial charge in [-0.2, -0.15) is 0 Å². The van der Waals surface area contributed by atoms with E-state index in [4.69, 9.17) is 4.74 Å². The predicted octanol–water partition coefficient (Wildman–Crippen LogP) is 2.42. The van der Waals surface area contributed by atoms with Crippen molar-refractivity contribution in [3.8, 4) is 0 Å². The van der Waals surface area contributed by atoms with Gasteiger partial charge in [-0.3, -0.25) is 4.79 Å². The first-order valence-electron chi connectivity index (χ1n) is 7.74. The molecule has 21 heavy (non-hydrogen) atoms. The highest BCUT2D eigenvalue weighted by Gasteiger charge is 2.54. The molecule has 2 aliphatic rings. The molecule has 1 amide bonds. The molecule has 1 saturated carbocycles. The van der Waals surface area contributed by atoms with Gasteiger partial charge in [0, 0.05) is 12.0 Å². The zero-order valence-electron chi connectivity index (χ0n) is 12.7. The fraction of sp³-hybridized carbons (Fsp3) is 0.588. The number of carbonyl (C=O) groups excluding carboxylic acids is 1. The molecule has 1 saturated heterocycles. The van der Waals surface area contributed by atoms with Crippen molar-refractivity contribution in [1.82, 2.24) is 4.90 Å². The number of nitrogens with zero attached hydrogens (tertiary/aromatic N) is 1. The third-order valence-electron chi connectivity index (χ3n) is 4.73. The number of benzene rings is 1. The fourth-order valence-corrected chi connectivity index (χ4v) is 3.55. The molecule has 3 rings (SSSR count). The third-order valence-corrected chi connectivity index (χ3v) is 4.73. The molecule has 4 nitrogen and oxygen atoms in total. The lowest BCUT2D eigenvalue weighted by Gasteiger charge is -2.37. The van der Waals surface area contributed by atoms with Crippen LogP contribution in [0.2, 0.25) is 0 Å². The van der Waals surface area contributed by atoms with E-state index in [9.17, 15) is 9.90 Å². The monoisotopic (exact) mass is 289 g/mol. The summed E-state index contributed by atoms with van der Waals surface area (Å²) in [6, 6.07) is 9.43. The molecule has 0 radical (unpaired) electrons. The molecule has 114 valence electrons. The Morgan fingerprint density at radius 2 is 2.10 bits per heavy atom. The van der Waals surface area contributed by atoms with Crippen molar-refractivity contribution in [3.63, 3.8) is 0 Å². The van der Waals surface area contributed by atoms with E-state index >= 15 is 0 Å². The van der Waals surface area contributed by atoms with E-state index in [-0.39, 0.29) is 18.1 Å². The Morgan fingerprint density at radius 3 is 2.67 bits per heavy atom. The van der Waals surface area contributed by atoms with E-state index < -0.39 is 5.72 Å². The lowest BCUT2D eigenvalue weighted by atomic mass is 9.99. The minimum Gasteiger partial charge on any atom is -0.393 e. The number of amides is 1. The SMILES string of the molecule is CC(C)[C@H]1CO[C@]2(CC[C@@H](O)C2)N1C(=O)c1ccccc1. The zero-order valence-corrected chi connectivity index (χ0v) is 12.7. The largest absolute Gasteiger partial charge is 0.393 e. The maximum atomic E-state index is 13.0. The molecule has 3 atom stereocenters. The molecule has 1 spiro atoms. The maximum Gasteiger partial charge on any atom is 0.256 e. The summed E-state index contributed by atoms with van der Waals surface area (Å²) >= 11 is 0. The first kappa shape index (κ1) is 14.5. The topological polar surface area (TPSA) is 49.8 Å². The van der Waals surface area contributed by atoms with Gasteiger partial charge in [0.15, 0.2) is 0 Å². The Bertz CT molecular complexity index is 516. The minimum absolute atomic E-state index is 0.0147. The van der Waals surface area contributed by atoms with Crippen molar-refractivity contribution in [1.29, 1.82) is 0 Å². The van der Waals surface area contributed by atoms with E-state index in [0.29, 0.717) is 30.9 Å². The molecule has 2 fully saturated rings. The first-order valence-corrected chi connectivity index (χ1v) is 7.74. The lowest BCUT2D eigenvalue weighted by molar-refractivity contribution is -0.0718. The molecule has 1 heterocycles. The molecular weight excluding hydrogens is 266 g/mol. The van der Waals surface area contributed by atoms with E-state index in [1.807, 2.05) is 35.2 Å². The summed E-state index contributed by atoms with van der Waals surface area (Å²) in [4.78, 5) is 14.9. The third kappa shape index (κ3) is 2.47. The number of hydrogen-bond donors (Lipinski definition) is 1. The number of aliphatic hydroxyl groups is 1. The van der Waals surface area contributed by atoms with Crippen molar-refractivity contribution in [2.45, 2.75) is 51.0 Å². The fourth-order valence-electron chi connectivity index (χ4n) is 3.55. The van der Waals surface area contributed by atoms with Crippen LogP contribution in [0.3, 0.4) is 0 Å². The van der Waals surface area contributed by atoms with Gasteiger partial charge >= 0.3 is 0 Å². The Labute approximate surface area is 125 Å². The van der Waals surface area contributed by atoms with Crippen LogP contribution in [0.4, 0.5) is 0 Å². The Kier molecular flexibility index (Phi) is 3.76. The van der Waals surface area contributed by atoms with E-state index in [1.165, 1.54) is 0 Å². The second kappa shape index (κ2) is 5.43. The summed E-state index contributed by atoms with van der Waals surface area (Å²) in [5.74, 6) is 0.343. The number of rotatable bonds is 2. The lowest BCUT2D eigenvalue weighted by Crippen LogP contribution is -2.51. The molecule has 1 aromatic rings. The number of aliphatic hydroxyl groups excluding tert-OH is 1. The maximum absolute atomic E-state index is 13.0. The quantitative estimate of drug-likeness (QED) is 0.909. The van der Waals surface area contributed by atoms with Crippen LogP contribution in [-0.2, 0) is 4.74 Å². The first-order chi connectivity index (χ1) is 10.0. The highest BCUT2D eigenvalue weighted by Crippen LogP contribution is 2.44. The average Bonchev–Trinajstić information content (AvgIpc) is 3.03. The summed E-state index contributed by atoms with van der Waals surface area (Å²) in [5.41, 5.74) is 0.0794. The van der Waals surface area contributed by atoms with Crippen LogP contribution in [0.1, 0.15) is 43.5 Å². The smallest absolute Gasteiger partial charge is 0.256 e. The molecule has 1 N–H and O–H groups in total. The van der Waals surface area contributed by atoms with Gasteiger partial charge in [-0.25, -0.2) is 0 Å². The Hall–Kier alpha value is -1.39. The van der Waals surface area contributed by atoms with E-state index in [2.05, 4.69) is 13.8 Å². The van der Waals surface area contributed by atoms with Gasteiger partial charge in [-0.05, 0) is 30.9 Å². The average molecular weight is 289 g/mol. The summed E-state index contributed by atoms with van der Waals surface area (Å²) < 4.78 is 6.05. The highest BCUT2D eigenvalue weighted by atomic mass is 16.5. The molecule has 4 heteroatoms. The van der Waals surface area contributed by atoms with Crippen molar-refractivity contribution >= 4 is 5.91 Å². The second-order valence-corrected chi connectivity index (χ2v) is 6.51. The van der Waals surface area contributed by atoms with Crippen LogP contribution in [0.5, 0.6) is 0 Å². The van der Waals surface area contributed by atoms with E-state index in [0.717, 1.165) is 6.42 Å². The minimum atomic E-state index is -0.610. The standard InChI is InChI=1S/C17H23NO3/c1-12(2)15-11-21-17(9-8-14(19)10-17)18(15)16(20)13-6-4-3-5-7-13/h3-7,12,14-15,19H,8-11H2,1-2H3/t14-,15-,17+/m1/s1. The van der Waals surface area contributed by atoms with Gasteiger partial charge in [0.1, 0.15) is 5.72 Å². The Morgan fingerprint density at radius 1 is 1.38 bits per heavy atom. The summed E-state index contributed by atoms with van der Waals surface area (Å²) in [6.07, 6.45) is 1.57. The molecule has 0 aromatic heterocycles. The number of carbonyl (C=O) groups is 1. The van der Waals surface area contributed by atoms with Crippen molar-refractivity contribution in [2.24, 2.45) is 5.92 Å². The predicted molar refractivity (Wildman–Crippen MR) is 79.8 cm³/mol. The van der Waals surface area contributed by atoms with Gasteiger partial charge < -0.3 is 14.7 Å². The van der Waals surface area contributed by atoms with Crippen LogP contribution in [-0.4, -0.2) is 40.4 Å². The second-order valence-electron chi connectivity index (χ2n) is 6.51. The van der Waals surface area contributed by atoms with Gasteiger partial charge in [0.05, 0.1) is 18.8 Å². The molecule has 1 aromatic carbocycles. The summed E-state index contributed by atoms with van der Waals surface area (Å²) in [7, 11) is 0. The van der Waals surface area contributed by atoms with Crippen LogP contribution in [0, 0.1) is 5.92 Å². The molecular formula is C17H23NO3. The summed E-state index contributed by atoms with van der Waals surface area (Å²) in [5, 5.41) is 9.93. The normalized spacial score (nSPS) is 32.3. The van der Waals surface area contributed by atoms with Crippen LogP contribution in [0.25, 0.3) is 0 Å². The Balaban J connectivity index is 1.95. The van der Waals surface area contributed by atoms with Gasteiger partial charge in [0.25, 0.3) is 5.91 Å².